The number of aliphatic hydroxyl groups is 2. The number of alkyl halides is 1. The predicted molar refractivity (Wildman–Crippen MR) is 87.0 cm³/mol. The van der Waals surface area contributed by atoms with Crippen molar-refractivity contribution < 1.29 is 10.2 Å². The molecule has 0 aromatic rings. The van der Waals surface area contributed by atoms with E-state index in [-0.39, 0.29) is 29.3 Å². The Balaban J connectivity index is 2.38. The standard InChI is InChI=1S/C17H23BrO2/c1-10(2)14-5-4-11(3)6-15(14)17-12(9-18)7-13(19)8-16(17)20/h6-8,12,14-15,17,19-20H,1,4-5,9H2,2-3H3/t12?,14-,15+,17?/m0/s1. The second-order valence-corrected chi connectivity index (χ2v) is 6.73. The number of hydrogen-bond acceptors (Lipinski definition) is 2. The summed E-state index contributed by atoms with van der Waals surface area (Å²) < 4.78 is 0. The van der Waals surface area contributed by atoms with Crippen molar-refractivity contribution in [3.05, 3.63) is 47.5 Å². The van der Waals surface area contributed by atoms with E-state index in [1.54, 1.807) is 0 Å². The summed E-state index contributed by atoms with van der Waals surface area (Å²) in [6.07, 6.45) is 7.81. The lowest BCUT2D eigenvalue weighted by atomic mass is 9.66. The molecule has 0 aromatic heterocycles. The summed E-state index contributed by atoms with van der Waals surface area (Å²) in [4.78, 5) is 0. The van der Waals surface area contributed by atoms with Crippen LogP contribution in [-0.2, 0) is 0 Å². The van der Waals surface area contributed by atoms with Gasteiger partial charge < -0.3 is 10.2 Å². The van der Waals surface area contributed by atoms with Crippen molar-refractivity contribution in [3.63, 3.8) is 0 Å². The minimum absolute atomic E-state index is 0.0159. The van der Waals surface area contributed by atoms with Crippen LogP contribution in [0.3, 0.4) is 0 Å². The zero-order valence-corrected chi connectivity index (χ0v) is 13.7. The molecule has 0 radical (unpaired) electrons. The fourth-order valence-electron chi connectivity index (χ4n) is 3.49. The van der Waals surface area contributed by atoms with Gasteiger partial charge in [0, 0.05) is 23.2 Å². The maximum atomic E-state index is 10.4. The van der Waals surface area contributed by atoms with Gasteiger partial charge in [0.25, 0.3) is 0 Å². The topological polar surface area (TPSA) is 40.5 Å². The van der Waals surface area contributed by atoms with Gasteiger partial charge in [-0.25, -0.2) is 0 Å². The molecule has 20 heavy (non-hydrogen) atoms. The first kappa shape index (κ1) is 15.4. The lowest BCUT2D eigenvalue weighted by molar-refractivity contribution is 0.195. The molecule has 0 amide bonds. The van der Waals surface area contributed by atoms with Gasteiger partial charge in [0.2, 0.25) is 0 Å². The van der Waals surface area contributed by atoms with Crippen LogP contribution in [0.2, 0.25) is 0 Å². The molecule has 3 heteroatoms. The van der Waals surface area contributed by atoms with Crippen LogP contribution in [0.1, 0.15) is 26.7 Å². The predicted octanol–water partition coefficient (Wildman–Crippen LogP) is 5.06. The van der Waals surface area contributed by atoms with E-state index >= 15 is 0 Å². The van der Waals surface area contributed by atoms with Gasteiger partial charge in [-0.3, -0.25) is 0 Å². The van der Waals surface area contributed by atoms with Crippen LogP contribution in [0.15, 0.2) is 47.5 Å². The molecule has 2 aliphatic carbocycles. The Morgan fingerprint density at radius 2 is 2.10 bits per heavy atom. The number of rotatable bonds is 3. The molecule has 2 nitrogen and oxygen atoms in total. The Bertz CT molecular complexity index is 487. The zero-order chi connectivity index (χ0) is 14.9. The average Bonchev–Trinajstić information content (AvgIpc) is 2.37. The van der Waals surface area contributed by atoms with E-state index in [9.17, 15) is 10.2 Å². The van der Waals surface area contributed by atoms with Gasteiger partial charge in [0.15, 0.2) is 0 Å². The lowest BCUT2D eigenvalue weighted by Gasteiger charge is -2.39. The SMILES string of the molecule is C=C(C)[C@@H]1CCC(C)=C[C@H]1C1C(O)=CC(O)=CC1CBr. The highest BCUT2D eigenvalue weighted by Crippen LogP contribution is 2.44. The smallest absolute Gasteiger partial charge is 0.115 e. The van der Waals surface area contributed by atoms with Crippen LogP contribution < -0.4 is 0 Å². The van der Waals surface area contributed by atoms with E-state index in [1.807, 2.05) is 6.08 Å². The molecule has 0 spiro atoms. The molecule has 0 bridgehead atoms. The van der Waals surface area contributed by atoms with Gasteiger partial charge in [-0.2, -0.15) is 0 Å². The van der Waals surface area contributed by atoms with E-state index in [0.717, 1.165) is 18.2 Å². The van der Waals surface area contributed by atoms with Crippen LogP contribution in [0.25, 0.3) is 0 Å². The second kappa shape index (κ2) is 6.21. The fourth-order valence-corrected chi connectivity index (χ4v) is 4.08. The summed E-state index contributed by atoms with van der Waals surface area (Å²) >= 11 is 3.51. The van der Waals surface area contributed by atoms with Crippen molar-refractivity contribution in [2.45, 2.75) is 26.7 Å². The second-order valence-electron chi connectivity index (χ2n) is 6.09. The maximum Gasteiger partial charge on any atom is 0.115 e. The number of halogens is 1. The first-order valence-electron chi connectivity index (χ1n) is 7.14. The molecule has 0 saturated carbocycles. The summed E-state index contributed by atoms with van der Waals surface area (Å²) in [6.45, 7) is 8.36. The van der Waals surface area contributed by atoms with Crippen LogP contribution >= 0.6 is 15.9 Å². The molecule has 2 unspecified atom stereocenters. The van der Waals surface area contributed by atoms with E-state index in [1.165, 1.54) is 17.2 Å². The molecule has 4 atom stereocenters. The van der Waals surface area contributed by atoms with E-state index in [4.69, 9.17) is 0 Å². The van der Waals surface area contributed by atoms with Crippen molar-refractivity contribution >= 4 is 15.9 Å². The maximum absolute atomic E-state index is 10.4. The lowest BCUT2D eigenvalue weighted by Crippen LogP contribution is -2.33. The largest absolute Gasteiger partial charge is 0.512 e. The Morgan fingerprint density at radius 1 is 1.40 bits per heavy atom. The van der Waals surface area contributed by atoms with Gasteiger partial charge in [0.1, 0.15) is 11.5 Å². The Kier molecular flexibility index (Phi) is 4.79. The monoisotopic (exact) mass is 338 g/mol. The Labute approximate surface area is 129 Å². The molecular weight excluding hydrogens is 316 g/mol. The third-order valence-corrected chi connectivity index (χ3v) is 5.25. The highest BCUT2D eigenvalue weighted by atomic mass is 79.9. The van der Waals surface area contributed by atoms with E-state index < -0.39 is 0 Å². The quantitative estimate of drug-likeness (QED) is 0.557. The zero-order valence-electron chi connectivity index (χ0n) is 12.1. The van der Waals surface area contributed by atoms with Gasteiger partial charge in [-0.05, 0) is 44.6 Å². The summed E-state index contributed by atoms with van der Waals surface area (Å²) in [7, 11) is 0. The Morgan fingerprint density at radius 3 is 2.70 bits per heavy atom. The van der Waals surface area contributed by atoms with Gasteiger partial charge in [0.05, 0.1) is 0 Å². The molecule has 0 saturated heterocycles. The molecule has 2 aliphatic rings. The van der Waals surface area contributed by atoms with Gasteiger partial charge in [-0.1, -0.05) is 39.7 Å². The van der Waals surface area contributed by atoms with E-state index in [2.05, 4.69) is 42.4 Å². The third-order valence-electron chi connectivity index (χ3n) is 4.50. The third kappa shape index (κ3) is 3.03. The summed E-state index contributed by atoms with van der Waals surface area (Å²) in [5.41, 5.74) is 2.56. The number of aliphatic hydroxyl groups excluding tert-OH is 2. The normalized spacial score (nSPS) is 34.0. The van der Waals surface area contributed by atoms with Crippen molar-refractivity contribution in [2.75, 3.05) is 5.33 Å². The summed E-state index contributed by atoms with van der Waals surface area (Å²) in [5.74, 6) is 1.22. The minimum Gasteiger partial charge on any atom is -0.512 e. The molecule has 0 aromatic carbocycles. The minimum atomic E-state index is 0.0159. The Hall–Kier alpha value is -0.960. The van der Waals surface area contributed by atoms with Crippen molar-refractivity contribution in [2.24, 2.45) is 23.7 Å². The molecule has 0 aliphatic heterocycles. The molecule has 2 N–H and O–H groups in total. The molecule has 0 heterocycles. The van der Waals surface area contributed by atoms with Gasteiger partial charge in [-0.15, -0.1) is 0 Å². The first-order valence-corrected chi connectivity index (χ1v) is 8.26. The first-order chi connectivity index (χ1) is 9.43. The fraction of sp³-hybridized carbons (Fsp3) is 0.529. The highest BCUT2D eigenvalue weighted by Gasteiger charge is 2.38. The van der Waals surface area contributed by atoms with Crippen LogP contribution in [0, 0.1) is 23.7 Å². The highest BCUT2D eigenvalue weighted by molar-refractivity contribution is 9.09. The molecular formula is C17H23BrO2. The number of hydrogen-bond donors (Lipinski definition) is 2. The molecule has 0 fully saturated rings. The number of allylic oxidation sites excluding steroid dienone is 6. The van der Waals surface area contributed by atoms with E-state index in [0.29, 0.717) is 5.92 Å². The molecule has 2 rings (SSSR count). The molecule has 110 valence electrons. The summed E-state index contributed by atoms with van der Waals surface area (Å²) in [6, 6.07) is 0. The van der Waals surface area contributed by atoms with Crippen molar-refractivity contribution in [1.29, 1.82) is 0 Å². The van der Waals surface area contributed by atoms with Crippen molar-refractivity contribution in [1.82, 2.24) is 0 Å². The van der Waals surface area contributed by atoms with Crippen LogP contribution in [0.4, 0.5) is 0 Å². The van der Waals surface area contributed by atoms with Crippen LogP contribution in [-0.4, -0.2) is 15.5 Å². The van der Waals surface area contributed by atoms with Crippen LogP contribution in [0.5, 0.6) is 0 Å². The van der Waals surface area contributed by atoms with Gasteiger partial charge >= 0.3 is 0 Å². The summed E-state index contributed by atoms with van der Waals surface area (Å²) in [5, 5.41) is 20.8. The van der Waals surface area contributed by atoms with Crippen molar-refractivity contribution in [3.8, 4) is 0 Å². The average molecular weight is 339 g/mol.